The lowest BCUT2D eigenvalue weighted by Gasteiger charge is -2.16. The molecule has 0 fully saturated rings. The molecule has 9 heteroatoms. The van der Waals surface area contributed by atoms with Gasteiger partial charge in [0.1, 0.15) is 12.0 Å². The minimum absolute atomic E-state index is 0.00259. The number of aromatic nitrogens is 2. The maximum atomic E-state index is 13.2. The second-order valence-corrected chi connectivity index (χ2v) is 8.46. The van der Waals surface area contributed by atoms with E-state index in [9.17, 15) is 19.2 Å². The largest absolute Gasteiger partial charge is 0.344 e. The van der Waals surface area contributed by atoms with Crippen LogP contribution in [0.3, 0.4) is 0 Å². The molecule has 0 saturated carbocycles. The van der Waals surface area contributed by atoms with Crippen LogP contribution in [0.15, 0.2) is 66.4 Å². The first-order chi connectivity index (χ1) is 16.6. The summed E-state index contributed by atoms with van der Waals surface area (Å²) in [6.07, 6.45) is 2.00. The molecule has 1 aliphatic rings. The molecule has 1 N–H and O–H groups in total. The molecule has 0 bridgehead atoms. The smallest absolute Gasteiger partial charge is 0.272 e. The lowest BCUT2D eigenvalue weighted by atomic mass is 9.99. The minimum atomic E-state index is -0.738. The van der Waals surface area contributed by atoms with Gasteiger partial charge in [-0.25, -0.2) is 4.98 Å². The van der Waals surface area contributed by atoms with Gasteiger partial charge < -0.3 is 15.1 Å². The number of nitrogens with one attached hydrogen (secondary N) is 1. The van der Waals surface area contributed by atoms with Gasteiger partial charge in [0.25, 0.3) is 17.4 Å². The Morgan fingerprint density at radius 3 is 2.54 bits per heavy atom. The number of rotatable bonds is 5. The van der Waals surface area contributed by atoms with Crippen LogP contribution in [0.2, 0.25) is 0 Å². The van der Waals surface area contributed by atoms with E-state index >= 15 is 0 Å². The standard InChI is InChI=1S/C26H25N5O4/c1-15(25(34)29(4)5)28-24(33)16(2)31-14-27-23-20(7-6-8-21(23)26(31)35)18-9-10-22-19(13-18)11-12-30(22)17(3)32/h6-10,13-14H,1-2,11-12H2,3-5H3,(H,28,33). The Morgan fingerprint density at radius 1 is 1.11 bits per heavy atom. The van der Waals surface area contributed by atoms with E-state index in [2.05, 4.69) is 23.5 Å². The third-order valence-electron chi connectivity index (χ3n) is 5.94. The summed E-state index contributed by atoms with van der Waals surface area (Å²) in [6, 6.07) is 11.1. The summed E-state index contributed by atoms with van der Waals surface area (Å²) in [6.45, 7) is 9.45. The first kappa shape index (κ1) is 23.6. The molecule has 1 aromatic heterocycles. The lowest BCUT2D eigenvalue weighted by molar-refractivity contribution is -0.126. The van der Waals surface area contributed by atoms with Gasteiger partial charge in [0, 0.05) is 38.8 Å². The normalized spacial score (nSPS) is 12.3. The quantitative estimate of drug-likeness (QED) is 0.575. The molecule has 3 aromatic rings. The Balaban J connectivity index is 1.68. The zero-order valence-electron chi connectivity index (χ0n) is 19.8. The lowest BCUT2D eigenvalue weighted by Crippen LogP contribution is -2.36. The molecule has 0 radical (unpaired) electrons. The fourth-order valence-corrected chi connectivity index (χ4v) is 4.12. The Bertz CT molecular complexity index is 1480. The van der Waals surface area contributed by atoms with Gasteiger partial charge in [0.05, 0.1) is 16.6 Å². The SMILES string of the molecule is C=C(NC(=O)C(=C)n1cnc2c(-c3ccc4c(c3)CCN4C(C)=O)cccc2c1=O)C(=O)N(C)C. The third kappa shape index (κ3) is 4.23. The minimum Gasteiger partial charge on any atom is -0.344 e. The second-order valence-electron chi connectivity index (χ2n) is 8.46. The van der Waals surface area contributed by atoms with Crippen molar-refractivity contribution in [1.82, 2.24) is 19.8 Å². The van der Waals surface area contributed by atoms with Crippen LogP contribution >= 0.6 is 0 Å². The summed E-state index contributed by atoms with van der Waals surface area (Å²) >= 11 is 0. The number of nitrogens with zero attached hydrogens (tertiary/aromatic N) is 4. The van der Waals surface area contributed by atoms with E-state index in [0.717, 1.165) is 33.4 Å². The molecule has 4 rings (SSSR count). The van der Waals surface area contributed by atoms with Crippen molar-refractivity contribution in [2.75, 3.05) is 25.5 Å². The summed E-state index contributed by atoms with van der Waals surface area (Å²) in [5, 5.41) is 2.68. The molecular formula is C26H25N5O4. The number of amides is 3. The molecule has 1 aliphatic heterocycles. The zero-order valence-corrected chi connectivity index (χ0v) is 19.8. The van der Waals surface area contributed by atoms with Crippen LogP contribution in [0.25, 0.3) is 27.7 Å². The Hall–Kier alpha value is -4.53. The average molecular weight is 472 g/mol. The summed E-state index contributed by atoms with van der Waals surface area (Å²) in [5.41, 5.74) is 3.28. The van der Waals surface area contributed by atoms with E-state index in [0.29, 0.717) is 17.4 Å². The van der Waals surface area contributed by atoms with Crippen molar-refractivity contribution in [2.24, 2.45) is 0 Å². The number of para-hydroxylation sites is 1. The van der Waals surface area contributed by atoms with Gasteiger partial charge in [-0.2, -0.15) is 0 Å². The van der Waals surface area contributed by atoms with Crippen LogP contribution in [-0.4, -0.2) is 52.8 Å². The highest BCUT2D eigenvalue weighted by atomic mass is 16.2. The van der Waals surface area contributed by atoms with Gasteiger partial charge in [-0.1, -0.05) is 31.4 Å². The first-order valence-corrected chi connectivity index (χ1v) is 10.9. The van der Waals surface area contributed by atoms with Gasteiger partial charge in [-0.15, -0.1) is 0 Å². The molecule has 178 valence electrons. The highest BCUT2D eigenvalue weighted by Crippen LogP contribution is 2.34. The molecule has 9 nitrogen and oxygen atoms in total. The van der Waals surface area contributed by atoms with E-state index in [1.54, 1.807) is 24.0 Å². The number of anilines is 1. The maximum Gasteiger partial charge on any atom is 0.272 e. The van der Waals surface area contributed by atoms with Crippen molar-refractivity contribution in [3.8, 4) is 11.1 Å². The van der Waals surface area contributed by atoms with Crippen molar-refractivity contribution in [3.63, 3.8) is 0 Å². The predicted octanol–water partition coefficient (Wildman–Crippen LogP) is 2.16. The van der Waals surface area contributed by atoms with Crippen LogP contribution in [-0.2, 0) is 20.8 Å². The molecule has 35 heavy (non-hydrogen) atoms. The fraction of sp³-hybridized carbons (Fsp3) is 0.192. The number of benzene rings is 2. The average Bonchev–Trinajstić information content (AvgIpc) is 3.26. The highest BCUT2D eigenvalue weighted by molar-refractivity contribution is 6.15. The number of carbonyl (C=O) groups is 3. The van der Waals surface area contributed by atoms with Crippen molar-refractivity contribution in [2.45, 2.75) is 13.3 Å². The summed E-state index contributed by atoms with van der Waals surface area (Å²) in [4.78, 5) is 57.1. The van der Waals surface area contributed by atoms with Gasteiger partial charge >= 0.3 is 0 Å². The van der Waals surface area contributed by atoms with Crippen LogP contribution in [0.5, 0.6) is 0 Å². The van der Waals surface area contributed by atoms with E-state index in [1.807, 2.05) is 24.3 Å². The Labute approximate surface area is 202 Å². The monoisotopic (exact) mass is 471 g/mol. The van der Waals surface area contributed by atoms with Crippen molar-refractivity contribution in [3.05, 3.63) is 77.5 Å². The van der Waals surface area contributed by atoms with Crippen molar-refractivity contribution >= 4 is 40.0 Å². The third-order valence-corrected chi connectivity index (χ3v) is 5.94. The van der Waals surface area contributed by atoms with E-state index < -0.39 is 17.4 Å². The topological polar surface area (TPSA) is 105 Å². The van der Waals surface area contributed by atoms with Gasteiger partial charge in [0.2, 0.25) is 5.91 Å². The van der Waals surface area contributed by atoms with Crippen molar-refractivity contribution in [1.29, 1.82) is 0 Å². The number of fused-ring (bicyclic) bond motifs is 2. The van der Waals surface area contributed by atoms with Crippen LogP contribution in [0, 0.1) is 0 Å². The van der Waals surface area contributed by atoms with Crippen LogP contribution in [0.1, 0.15) is 12.5 Å². The molecule has 2 heterocycles. The molecule has 0 aliphatic carbocycles. The molecule has 0 atom stereocenters. The van der Waals surface area contributed by atoms with Crippen LogP contribution in [0.4, 0.5) is 5.69 Å². The number of hydrogen-bond acceptors (Lipinski definition) is 5. The summed E-state index contributed by atoms with van der Waals surface area (Å²) < 4.78 is 1.04. The first-order valence-electron chi connectivity index (χ1n) is 10.9. The van der Waals surface area contributed by atoms with Gasteiger partial charge in [-0.05, 0) is 35.7 Å². The van der Waals surface area contributed by atoms with Gasteiger partial charge in [-0.3, -0.25) is 23.7 Å². The second kappa shape index (κ2) is 9.02. The number of hydrogen-bond donors (Lipinski definition) is 1. The van der Waals surface area contributed by atoms with Gasteiger partial charge in [0.15, 0.2) is 0 Å². The molecule has 3 amide bonds. The van der Waals surface area contributed by atoms with Crippen LogP contribution < -0.4 is 15.8 Å². The van der Waals surface area contributed by atoms with Crippen molar-refractivity contribution < 1.29 is 14.4 Å². The Kier molecular flexibility index (Phi) is 6.09. The van der Waals surface area contributed by atoms with E-state index in [4.69, 9.17) is 0 Å². The predicted molar refractivity (Wildman–Crippen MR) is 134 cm³/mol. The van der Waals surface area contributed by atoms with E-state index in [-0.39, 0.29) is 17.3 Å². The molecule has 0 unspecified atom stereocenters. The molecule has 0 spiro atoms. The van der Waals surface area contributed by atoms with E-state index in [1.165, 1.54) is 25.3 Å². The molecular weight excluding hydrogens is 446 g/mol. The summed E-state index contributed by atoms with van der Waals surface area (Å²) in [5.74, 6) is -1.21. The molecule has 2 aromatic carbocycles. The number of likely N-dealkylation sites (N-methyl/N-ethyl adjacent to an activating group) is 1. The summed E-state index contributed by atoms with van der Waals surface area (Å²) in [7, 11) is 3.06. The zero-order chi connectivity index (χ0) is 25.4. The molecule has 0 saturated heterocycles. The fourth-order valence-electron chi connectivity index (χ4n) is 4.12. The number of carbonyl (C=O) groups excluding carboxylic acids is 3. The maximum absolute atomic E-state index is 13.2. The Morgan fingerprint density at radius 2 is 1.86 bits per heavy atom. The highest BCUT2D eigenvalue weighted by Gasteiger charge is 2.23.